The zero-order valence-electron chi connectivity index (χ0n) is 10.2. The predicted octanol–water partition coefficient (Wildman–Crippen LogP) is 2.62. The third-order valence-electron chi connectivity index (χ3n) is 3.45. The van der Waals surface area contributed by atoms with Gasteiger partial charge in [-0.25, -0.2) is 0 Å². The highest BCUT2D eigenvalue weighted by Crippen LogP contribution is 2.23. The minimum Gasteiger partial charge on any atom is -0.393 e. The van der Waals surface area contributed by atoms with E-state index in [0.29, 0.717) is 23.0 Å². The van der Waals surface area contributed by atoms with Gasteiger partial charge in [0.1, 0.15) is 0 Å². The molecule has 0 radical (unpaired) electrons. The number of benzene rings is 1. The second kappa shape index (κ2) is 6.21. The summed E-state index contributed by atoms with van der Waals surface area (Å²) >= 11 is 5.85. The average Bonchev–Trinajstić information content (AvgIpc) is 2.38. The Morgan fingerprint density at radius 3 is 2.72 bits per heavy atom. The van der Waals surface area contributed by atoms with Crippen molar-refractivity contribution in [2.24, 2.45) is 5.92 Å². The molecule has 0 atom stereocenters. The van der Waals surface area contributed by atoms with Crippen molar-refractivity contribution in [2.75, 3.05) is 6.54 Å². The molecule has 2 rings (SSSR count). The molecule has 0 unspecified atom stereocenters. The summed E-state index contributed by atoms with van der Waals surface area (Å²) in [6.07, 6.45) is 3.51. The maximum atomic E-state index is 11.9. The van der Waals surface area contributed by atoms with Gasteiger partial charge in [-0.15, -0.1) is 0 Å². The van der Waals surface area contributed by atoms with E-state index in [1.54, 1.807) is 24.3 Å². The summed E-state index contributed by atoms with van der Waals surface area (Å²) in [5.41, 5.74) is 0.596. The molecule has 0 saturated heterocycles. The van der Waals surface area contributed by atoms with Crippen molar-refractivity contribution in [3.8, 4) is 0 Å². The minimum absolute atomic E-state index is 0.0800. The van der Waals surface area contributed by atoms with Crippen LogP contribution in [0, 0.1) is 5.92 Å². The normalized spacial score (nSPS) is 23.7. The van der Waals surface area contributed by atoms with Gasteiger partial charge >= 0.3 is 0 Å². The quantitative estimate of drug-likeness (QED) is 0.885. The van der Waals surface area contributed by atoms with Crippen LogP contribution in [0.15, 0.2) is 24.3 Å². The van der Waals surface area contributed by atoms with Crippen LogP contribution in [0.4, 0.5) is 0 Å². The van der Waals surface area contributed by atoms with Crippen LogP contribution in [0.2, 0.25) is 5.02 Å². The Balaban J connectivity index is 1.81. The highest BCUT2D eigenvalue weighted by Gasteiger charge is 2.19. The molecule has 1 aliphatic rings. The third kappa shape index (κ3) is 3.72. The summed E-state index contributed by atoms with van der Waals surface area (Å²) in [4.78, 5) is 11.9. The van der Waals surface area contributed by atoms with Crippen molar-refractivity contribution in [3.05, 3.63) is 34.9 Å². The fraction of sp³-hybridized carbons (Fsp3) is 0.500. The molecule has 98 valence electrons. The van der Waals surface area contributed by atoms with Crippen LogP contribution in [0.3, 0.4) is 0 Å². The van der Waals surface area contributed by atoms with Crippen molar-refractivity contribution in [1.82, 2.24) is 5.32 Å². The molecular weight excluding hydrogens is 250 g/mol. The van der Waals surface area contributed by atoms with Gasteiger partial charge in [-0.1, -0.05) is 17.7 Å². The van der Waals surface area contributed by atoms with Crippen molar-refractivity contribution < 1.29 is 9.90 Å². The zero-order chi connectivity index (χ0) is 13.0. The van der Waals surface area contributed by atoms with Crippen molar-refractivity contribution in [2.45, 2.75) is 31.8 Å². The molecule has 3 nitrogen and oxygen atoms in total. The predicted molar refractivity (Wildman–Crippen MR) is 71.8 cm³/mol. The van der Waals surface area contributed by atoms with E-state index in [1.165, 1.54) is 0 Å². The van der Waals surface area contributed by atoms with E-state index in [4.69, 9.17) is 11.6 Å². The number of hydrogen-bond acceptors (Lipinski definition) is 2. The smallest absolute Gasteiger partial charge is 0.251 e. The molecule has 0 aromatic heterocycles. The lowest BCUT2D eigenvalue weighted by molar-refractivity contribution is 0.0910. The van der Waals surface area contributed by atoms with Crippen LogP contribution in [0.5, 0.6) is 0 Å². The second-order valence-corrected chi connectivity index (χ2v) is 5.33. The highest BCUT2D eigenvalue weighted by atomic mass is 35.5. The van der Waals surface area contributed by atoms with E-state index < -0.39 is 0 Å². The Kier molecular flexibility index (Phi) is 4.61. The van der Waals surface area contributed by atoms with Gasteiger partial charge in [0.25, 0.3) is 5.91 Å². The number of amides is 1. The van der Waals surface area contributed by atoms with Gasteiger partial charge < -0.3 is 10.4 Å². The van der Waals surface area contributed by atoms with Gasteiger partial charge in [0, 0.05) is 17.1 Å². The summed E-state index contributed by atoms with van der Waals surface area (Å²) in [5, 5.41) is 12.9. The maximum absolute atomic E-state index is 11.9. The van der Waals surface area contributed by atoms with E-state index in [9.17, 15) is 9.90 Å². The van der Waals surface area contributed by atoms with Crippen LogP contribution in [-0.2, 0) is 0 Å². The number of nitrogens with one attached hydrogen (secondary N) is 1. The maximum Gasteiger partial charge on any atom is 0.251 e. The standard InChI is InChI=1S/C14H18ClNO2/c15-12-3-1-2-11(8-12)14(18)16-9-10-4-6-13(17)7-5-10/h1-3,8,10,13,17H,4-7,9H2,(H,16,18). The van der Waals surface area contributed by atoms with Crippen molar-refractivity contribution in [3.63, 3.8) is 0 Å². The fourth-order valence-electron chi connectivity index (χ4n) is 2.32. The summed E-state index contributed by atoms with van der Waals surface area (Å²) in [5.74, 6) is 0.403. The molecule has 1 aromatic carbocycles. The number of halogens is 1. The van der Waals surface area contributed by atoms with Gasteiger partial charge in [-0.2, -0.15) is 0 Å². The topological polar surface area (TPSA) is 49.3 Å². The van der Waals surface area contributed by atoms with E-state index in [2.05, 4.69) is 5.32 Å². The molecule has 1 amide bonds. The van der Waals surface area contributed by atoms with Crippen molar-refractivity contribution >= 4 is 17.5 Å². The molecule has 1 saturated carbocycles. The number of carbonyl (C=O) groups is 1. The summed E-state index contributed by atoms with van der Waals surface area (Å²) in [7, 11) is 0. The molecule has 1 fully saturated rings. The Hall–Kier alpha value is -1.06. The number of rotatable bonds is 3. The molecule has 2 N–H and O–H groups in total. The van der Waals surface area contributed by atoms with Crippen LogP contribution in [-0.4, -0.2) is 23.7 Å². The largest absolute Gasteiger partial charge is 0.393 e. The Labute approximate surface area is 112 Å². The van der Waals surface area contributed by atoms with Crippen LogP contribution in [0.25, 0.3) is 0 Å². The lowest BCUT2D eigenvalue weighted by Crippen LogP contribution is -2.32. The Bertz CT molecular complexity index is 414. The molecule has 0 aliphatic heterocycles. The summed E-state index contributed by atoms with van der Waals surface area (Å²) in [6.45, 7) is 0.679. The van der Waals surface area contributed by atoms with Crippen LogP contribution >= 0.6 is 11.6 Å². The number of carbonyl (C=O) groups excluding carboxylic acids is 1. The summed E-state index contributed by atoms with van der Waals surface area (Å²) < 4.78 is 0. The van der Waals surface area contributed by atoms with E-state index >= 15 is 0 Å². The van der Waals surface area contributed by atoms with Crippen molar-refractivity contribution in [1.29, 1.82) is 0 Å². The number of aliphatic hydroxyl groups is 1. The van der Waals surface area contributed by atoms with E-state index in [1.807, 2.05) is 0 Å². The molecule has 1 aromatic rings. The van der Waals surface area contributed by atoms with Crippen LogP contribution < -0.4 is 5.32 Å². The molecule has 4 heteroatoms. The molecule has 0 bridgehead atoms. The number of aliphatic hydroxyl groups excluding tert-OH is 1. The minimum atomic E-state index is -0.148. The first-order valence-electron chi connectivity index (χ1n) is 6.37. The van der Waals surface area contributed by atoms with E-state index in [0.717, 1.165) is 25.7 Å². The van der Waals surface area contributed by atoms with E-state index in [-0.39, 0.29) is 12.0 Å². The molecular formula is C14H18ClNO2. The SMILES string of the molecule is O=C(NCC1CCC(O)CC1)c1cccc(Cl)c1. The van der Waals surface area contributed by atoms with Gasteiger partial charge in [0.2, 0.25) is 0 Å². The first-order chi connectivity index (χ1) is 8.65. The monoisotopic (exact) mass is 267 g/mol. The first-order valence-corrected chi connectivity index (χ1v) is 6.75. The van der Waals surface area contributed by atoms with Gasteiger partial charge in [-0.3, -0.25) is 4.79 Å². The second-order valence-electron chi connectivity index (χ2n) is 4.89. The molecule has 0 heterocycles. The molecule has 0 spiro atoms. The lowest BCUT2D eigenvalue weighted by atomic mass is 9.87. The Morgan fingerprint density at radius 2 is 2.06 bits per heavy atom. The van der Waals surface area contributed by atoms with Gasteiger partial charge in [0.15, 0.2) is 0 Å². The van der Waals surface area contributed by atoms with Gasteiger partial charge in [0.05, 0.1) is 6.10 Å². The molecule has 1 aliphatic carbocycles. The Morgan fingerprint density at radius 1 is 1.33 bits per heavy atom. The highest BCUT2D eigenvalue weighted by molar-refractivity contribution is 6.30. The summed E-state index contributed by atoms with van der Waals surface area (Å²) in [6, 6.07) is 6.95. The van der Waals surface area contributed by atoms with Crippen LogP contribution in [0.1, 0.15) is 36.0 Å². The first kappa shape index (κ1) is 13.4. The third-order valence-corrected chi connectivity index (χ3v) is 3.69. The lowest BCUT2D eigenvalue weighted by Gasteiger charge is -2.25. The van der Waals surface area contributed by atoms with Gasteiger partial charge in [-0.05, 0) is 49.8 Å². The average molecular weight is 268 g/mol. The fourth-order valence-corrected chi connectivity index (χ4v) is 2.51. The molecule has 18 heavy (non-hydrogen) atoms. The number of hydrogen-bond donors (Lipinski definition) is 2. The zero-order valence-corrected chi connectivity index (χ0v) is 11.0.